The lowest BCUT2D eigenvalue weighted by Crippen LogP contribution is -2.04. The molecule has 2 N–H and O–H groups in total. The van der Waals surface area contributed by atoms with E-state index in [0.29, 0.717) is 0 Å². The Morgan fingerprint density at radius 3 is 2.71 bits per heavy atom. The van der Waals surface area contributed by atoms with E-state index in [1.54, 1.807) is 11.3 Å². The lowest BCUT2D eigenvalue weighted by molar-refractivity contribution is 1.03. The van der Waals surface area contributed by atoms with Crippen LogP contribution in [-0.4, -0.2) is 17.0 Å². The van der Waals surface area contributed by atoms with Crippen molar-refractivity contribution >= 4 is 34.6 Å². The molecule has 0 aromatic carbocycles. The van der Waals surface area contributed by atoms with Gasteiger partial charge in [-0.2, -0.15) is 0 Å². The third-order valence-corrected chi connectivity index (χ3v) is 3.40. The maximum absolute atomic E-state index is 5.87. The quantitative estimate of drug-likeness (QED) is 0.894. The van der Waals surface area contributed by atoms with Gasteiger partial charge in [0.15, 0.2) is 0 Å². The van der Waals surface area contributed by atoms with Crippen LogP contribution in [0.4, 0.5) is 11.6 Å². The number of hydrogen-bond donors (Lipinski definition) is 2. The van der Waals surface area contributed by atoms with E-state index < -0.39 is 0 Å². The molecule has 0 aliphatic heterocycles. The Morgan fingerprint density at radius 2 is 2.06 bits per heavy atom. The van der Waals surface area contributed by atoms with Crippen LogP contribution in [0.1, 0.15) is 10.7 Å². The molecule has 0 aliphatic rings. The Bertz CT molecular complexity index is 512. The molecule has 0 amide bonds. The molecule has 2 rings (SSSR count). The zero-order chi connectivity index (χ0) is 12.3. The Hall–Kier alpha value is -1.33. The fraction of sp³-hybridized carbons (Fsp3) is 0.273. The highest BCUT2D eigenvalue weighted by Gasteiger charge is 2.02. The van der Waals surface area contributed by atoms with E-state index in [2.05, 4.69) is 20.6 Å². The van der Waals surface area contributed by atoms with Gasteiger partial charge in [0.25, 0.3) is 0 Å². The van der Waals surface area contributed by atoms with Crippen LogP contribution in [0.3, 0.4) is 0 Å². The zero-order valence-corrected chi connectivity index (χ0v) is 11.2. The molecule has 17 heavy (non-hydrogen) atoms. The van der Waals surface area contributed by atoms with Gasteiger partial charge < -0.3 is 10.6 Å². The minimum atomic E-state index is 0.719. The molecule has 0 saturated heterocycles. The van der Waals surface area contributed by atoms with E-state index in [1.807, 2.05) is 32.2 Å². The summed E-state index contributed by atoms with van der Waals surface area (Å²) in [5.74, 6) is 2.36. The maximum Gasteiger partial charge on any atom is 0.132 e. The minimum Gasteiger partial charge on any atom is -0.373 e. The smallest absolute Gasteiger partial charge is 0.132 e. The van der Waals surface area contributed by atoms with Crippen molar-refractivity contribution in [2.24, 2.45) is 0 Å². The number of nitrogens with one attached hydrogen (secondary N) is 2. The molecule has 90 valence electrons. The molecular weight excluding hydrogens is 256 g/mol. The summed E-state index contributed by atoms with van der Waals surface area (Å²) in [7, 11) is 1.84. The zero-order valence-electron chi connectivity index (χ0n) is 9.62. The first-order chi connectivity index (χ1) is 8.17. The van der Waals surface area contributed by atoms with Crippen LogP contribution in [0.5, 0.6) is 0 Å². The third-order valence-electron chi connectivity index (χ3n) is 2.17. The molecule has 4 nitrogen and oxygen atoms in total. The second-order valence-electron chi connectivity index (χ2n) is 3.50. The summed E-state index contributed by atoms with van der Waals surface area (Å²) in [4.78, 5) is 9.72. The van der Waals surface area contributed by atoms with Gasteiger partial charge in [-0.15, -0.1) is 11.3 Å². The van der Waals surface area contributed by atoms with Gasteiger partial charge in [-0.3, -0.25) is 0 Å². The summed E-state index contributed by atoms with van der Waals surface area (Å²) < 4.78 is 0.802. The van der Waals surface area contributed by atoms with E-state index in [4.69, 9.17) is 11.6 Å². The van der Waals surface area contributed by atoms with Crippen molar-refractivity contribution in [1.82, 2.24) is 9.97 Å². The van der Waals surface area contributed by atoms with Crippen LogP contribution >= 0.6 is 22.9 Å². The van der Waals surface area contributed by atoms with Gasteiger partial charge in [-0.25, -0.2) is 9.97 Å². The summed E-state index contributed by atoms with van der Waals surface area (Å²) in [5.41, 5.74) is 0. The summed E-state index contributed by atoms with van der Waals surface area (Å²) in [5, 5.41) is 6.25. The van der Waals surface area contributed by atoms with Crippen molar-refractivity contribution in [3.63, 3.8) is 0 Å². The van der Waals surface area contributed by atoms with Crippen molar-refractivity contribution in [3.05, 3.63) is 33.2 Å². The van der Waals surface area contributed by atoms with Crippen molar-refractivity contribution in [2.75, 3.05) is 17.7 Å². The van der Waals surface area contributed by atoms with Crippen LogP contribution in [-0.2, 0) is 6.54 Å². The van der Waals surface area contributed by atoms with E-state index in [0.717, 1.165) is 28.3 Å². The molecule has 0 aliphatic carbocycles. The number of aromatic nitrogens is 2. The summed E-state index contributed by atoms with van der Waals surface area (Å²) >= 11 is 7.44. The van der Waals surface area contributed by atoms with Crippen LogP contribution < -0.4 is 10.6 Å². The molecule has 0 saturated carbocycles. The minimum absolute atomic E-state index is 0.719. The van der Waals surface area contributed by atoms with Crippen molar-refractivity contribution in [3.8, 4) is 0 Å². The highest BCUT2D eigenvalue weighted by Crippen LogP contribution is 2.22. The molecule has 2 heterocycles. The molecule has 0 atom stereocenters. The topological polar surface area (TPSA) is 49.8 Å². The van der Waals surface area contributed by atoms with Crippen molar-refractivity contribution in [1.29, 1.82) is 0 Å². The SMILES string of the molecule is CNc1cc(NCc2ccc(Cl)s2)nc(C)n1. The molecule has 2 aromatic rings. The number of hydrogen-bond acceptors (Lipinski definition) is 5. The van der Waals surface area contributed by atoms with Gasteiger partial charge in [0.05, 0.1) is 10.9 Å². The first-order valence-electron chi connectivity index (χ1n) is 5.19. The Balaban J connectivity index is 2.05. The van der Waals surface area contributed by atoms with Gasteiger partial charge in [0, 0.05) is 18.0 Å². The number of aryl methyl sites for hydroxylation is 1. The number of rotatable bonds is 4. The molecular formula is C11H13ClN4S. The third kappa shape index (κ3) is 3.31. The molecule has 0 fully saturated rings. The normalized spacial score (nSPS) is 10.3. The standard InChI is InChI=1S/C11H13ClN4S/c1-7-15-10(13-2)5-11(16-7)14-6-8-3-4-9(12)17-8/h3-5H,6H2,1-2H3,(H2,13,14,15,16). The average molecular weight is 269 g/mol. The van der Waals surface area contributed by atoms with E-state index in [9.17, 15) is 0 Å². The fourth-order valence-corrected chi connectivity index (χ4v) is 2.44. The van der Waals surface area contributed by atoms with E-state index in [-0.39, 0.29) is 0 Å². The number of halogens is 1. The maximum atomic E-state index is 5.87. The highest BCUT2D eigenvalue weighted by molar-refractivity contribution is 7.16. The first-order valence-corrected chi connectivity index (χ1v) is 6.38. The molecule has 0 spiro atoms. The largest absolute Gasteiger partial charge is 0.373 e. The van der Waals surface area contributed by atoms with Gasteiger partial charge in [-0.05, 0) is 19.1 Å². The summed E-state index contributed by atoms with van der Waals surface area (Å²) in [6.07, 6.45) is 0. The molecule has 2 aromatic heterocycles. The number of nitrogens with zero attached hydrogens (tertiary/aromatic N) is 2. The molecule has 0 bridgehead atoms. The van der Waals surface area contributed by atoms with Gasteiger partial charge in [0.2, 0.25) is 0 Å². The molecule has 0 radical (unpaired) electrons. The summed E-state index contributed by atoms with van der Waals surface area (Å²) in [6.45, 7) is 2.59. The van der Waals surface area contributed by atoms with Crippen LogP contribution in [0.2, 0.25) is 4.34 Å². The Morgan fingerprint density at radius 1 is 1.29 bits per heavy atom. The van der Waals surface area contributed by atoms with Crippen LogP contribution in [0, 0.1) is 6.92 Å². The predicted molar refractivity (Wildman–Crippen MR) is 73.0 cm³/mol. The van der Waals surface area contributed by atoms with Gasteiger partial charge in [0.1, 0.15) is 17.5 Å². The van der Waals surface area contributed by atoms with Crippen molar-refractivity contribution < 1.29 is 0 Å². The van der Waals surface area contributed by atoms with E-state index >= 15 is 0 Å². The Kier molecular flexibility index (Phi) is 3.81. The first kappa shape index (κ1) is 12.1. The van der Waals surface area contributed by atoms with Gasteiger partial charge >= 0.3 is 0 Å². The lowest BCUT2D eigenvalue weighted by atomic mass is 10.4. The fourth-order valence-electron chi connectivity index (χ4n) is 1.41. The van der Waals surface area contributed by atoms with Crippen LogP contribution in [0.15, 0.2) is 18.2 Å². The van der Waals surface area contributed by atoms with Crippen molar-refractivity contribution in [2.45, 2.75) is 13.5 Å². The second-order valence-corrected chi connectivity index (χ2v) is 5.29. The predicted octanol–water partition coefficient (Wildman–Crippen LogP) is 3.15. The second kappa shape index (κ2) is 5.33. The van der Waals surface area contributed by atoms with E-state index in [1.165, 1.54) is 4.88 Å². The summed E-state index contributed by atoms with van der Waals surface area (Å²) in [6, 6.07) is 5.78. The van der Waals surface area contributed by atoms with Gasteiger partial charge in [-0.1, -0.05) is 11.6 Å². The molecule has 0 unspecified atom stereocenters. The monoisotopic (exact) mass is 268 g/mol. The number of anilines is 2. The number of thiophene rings is 1. The lowest BCUT2D eigenvalue weighted by Gasteiger charge is -2.07. The highest BCUT2D eigenvalue weighted by atomic mass is 35.5. The average Bonchev–Trinajstić information content (AvgIpc) is 2.72. The van der Waals surface area contributed by atoms with Crippen LogP contribution in [0.25, 0.3) is 0 Å². The molecule has 6 heteroatoms. The Labute approximate surface area is 109 Å².